The van der Waals surface area contributed by atoms with Crippen molar-refractivity contribution in [2.24, 2.45) is 5.90 Å². The average molecular weight is 162 g/mol. The molecule has 1 aromatic carbocycles. The largest absolute Gasteiger partial charge is 0.408 e. The fourth-order valence-corrected chi connectivity index (χ4v) is 0.741. The van der Waals surface area contributed by atoms with Crippen LogP contribution in [0.5, 0.6) is 5.75 Å². The SMILES string of the molecule is NOc1cccc(Cl)c1F. The monoisotopic (exact) mass is 161 g/mol. The number of nitrogens with two attached hydrogens (primary N) is 1. The third kappa shape index (κ3) is 1.20. The highest BCUT2D eigenvalue weighted by molar-refractivity contribution is 6.30. The third-order valence-corrected chi connectivity index (χ3v) is 1.34. The molecule has 0 amide bonds. The van der Waals surface area contributed by atoms with E-state index in [2.05, 4.69) is 4.84 Å². The average Bonchev–Trinajstić information content (AvgIpc) is 1.95. The van der Waals surface area contributed by atoms with Crippen LogP contribution in [-0.4, -0.2) is 0 Å². The maximum absolute atomic E-state index is 12.7. The summed E-state index contributed by atoms with van der Waals surface area (Å²) in [7, 11) is 0. The summed E-state index contributed by atoms with van der Waals surface area (Å²) >= 11 is 5.38. The number of benzene rings is 1. The van der Waals surface area contributed by atoms with Gasteiger partial charge in [0.15, 0.2) is 11.6 Å². The van der Waals surface area contributed by atoms with E-state index in [1.807, 2.05) is 0 Å². The quantitative estimate of drug-likeness (QED) is 0.637. The maximum atomic E-state index is 12.7. The van der Waals surface area contributed by atoms with Crippen molar-refractivity contribution in [2.75, 3.05) is 0 Å². The molecule has 54 valence electrons. The molecule has 0 aromatic heterocycles. The van der Waals surface area contributed by atoms with Crippen molar-refractivity contribution in [2.45, 2.75) is 0 Å². The molecule has 0 fully saturated rings. The van der Waals surface area contributed by atoms with Crippen molar-refractivity contribution < 1.29 is 9.23 Å². The predicted octanol–water partition coefficient (Wildman–Crippen LogP) is 1.73. The van der Waals surface area contributed by atoms with Crippen molar-refractivity contribution in [1.82, 2.24) is 0 Å². The van der Waals surface area contributed by atoms with E-state index >= 15 is 0 Å². The highest BCUT2D eigenvalue weighted by Crippen LogP contribution is 2.22. The van der Waals surface area contributed by atoms with Gasteiger partial charge in [-0.1, -0.05) is 17.7 Å². The summed E-state index contributed by atoms with van der Waals surface area (Å²) < 4.78 is 12.7. The number of rotatable bonds is 1. The van der Waals surface area contributed by atoms with Gasteiger partial charge in [-0.25, -0.2) is 4.39 Å². The molecule has 0 radical (unpaired) electrons. The minimum absolute atomic E-state index is 0.00273. The lowest BCUT2D eigenvalue weighted by atomic mass is 10.3. The van der Waals surface area contributed by atoms with Crippen LogP contribution in [0.2, 0.25) is 5.02 Å². The lowest BCUT2D eigenvalue weighted by Gasteiger charge is -1.99. The first-order valence-electron chi connectivity index (χ1n) is 2.56. The Balaban J connectivity index is 3.14. The Hall–Kier alpha value is -0.800. The molecular formula is C6H5ClFNO. The van der Waals surface area contributed by atoms with Crippen LogP contribution in [0.4, 0.5) is 4.39 Å². The van der Waals surface area contributed by atoms with Crippen LogP contribution in [0.1, 0.15) is 0 Å². The van der Waals surface area contributed by atoms with Crippen LogP contribution in [0, 0.1) is 5.82 Å². The number of hydrogen-bond acceptors (Lipinski definition) is 2. The Labute approximate surface area is 62.3 Å². The summed E-state index contributed by atoms with van der Waals surface area (Å²) in [5.41, 5.74) is 0. The van der Waals surface area contributed by atoms with Crippen molar-refractivity contribution in [3.8, 4) is 5.75 Å². The zero-order valence-corrected chi connectivity index (χ0v) is 5.73. The molecule has 0 spiro atoms. The van der Waals surface area contributed by atoms with Gasteiger partial charge in [0.1, 0.15) is 0 Å². The molecule has 4 heteroatoms. The van der Waals surface area contributed by atoms with E-state index in [0.717, 1.165) is 0 Å². The van der Waals surface area contributed by atoms with Crippen molar-refractivity contribution in [1.29, 1.82) is 0 Å². The first-order valence-corrected chi connectivity index (χ1v) is 2.94. The molecule has 0 aliphatic carbocycles. The van der Waals surface area contributed by atoms with Gasteiger partial charge in [-0.2, -0.15) is 5.90 Å². The molecule has 0 heterocycles. The summed E-state index contributed by atoms with van der Waals surface area (Å²) in [4.78, 5) is 4.17. The van der Waals surface area contributed by atoms with Crippen LogP contribution in [0.15, 0.2) is 18.2 Å². The van der Waals surface area contributed by atoms with Gasteiger partial charge in [0.05, 0.1) is 5.02 Å². The second-order valence-corrected chi connectivity index (χ2v) is 2.08. The second-order valence-electron chi connectivity index (χ2n) is 1.67. The zero-order chi connectivity index (χ0) is 7.56. The molecule has 0 aliphatic rings. The Morgan fingerprint density at radius 3 is 2.70 bits per heavy atom. The van der Waals surface area contributed by atoms with Gasteiger partial charge in [-0.15, -0.1) is 0 Å². The summed E-state index contributed by atoms with van der Waals surface area (Å²) in [6.07, 6.45) is 0. The first-order chi connectivity index (χ1) is 4.75. The summed E-state index contributed by atoms with van der Waals surface area (Å²) in [6, 6.07) is 4.36. The first kappa shape index (κ1) is 7.31. The second kappa shape index (κ2) is 2.86. The van der Waals surface area contributed by atoms with E-state index in [9.17, 15) is 4.39 Å². The van der Waals surface area contributed by atoms with Crippen LogP contribution < -0.4 is 10.7 Å². The molecule has 0 saturated heterocycles. The predicted molar refractivity (Wildman–Crippen MR) is 36.2 cm³/mol. The molecular weight excluding hydrogens is 157 g/mol. The molecule has 0 aliphatic heterocycles. The van der Waals surface area contributed by atoms with Crippen molar-refractivity contribution in [3.63, 3.8) is 0 Å². The Bertz CT molecular complexity index is 241. The van der Waals surface area contributed by atoms with Gasteiger partial charge in [0.2, 0.25) is 0 Å². The minimum atomic E-state index is -0.633. The van der Waals surface area contributed by atoms with Crippen LogP contribution in [0.25, 0.3) is 0 Å². The summed E-state index contributed by atoms with van der Waals surface area (Å²) in [6.45, 7) is 0. The molecule has 0 unspecified atom stereocenters. The van der Waals surface area contributed by atoms with E-state index in [4.69, 9.17) is 17.5 Å². The van der Waals surface area contributed by atoms with E-state index < -0.39 is 5.82 Å². The fourth-order valence-electron chi connectivity index (χ4n) is 0.575. The van der Waals surface area contributed by atoms with Gasteiger partial charge in [0, 0.05) is 0 Å². The molecule has 2 N–H and O–H groups in total. The topological polar surface area (TPSA) is 35.2 Å². The third-order valence-electron chi connectivity index (χ3n) is 1.04. The van der Waals surface area contributed by atoms with Gasteiger partial charge >= 0.3 is 0 Å². The van der Waals surface area contributed by atoms with Crippen LogP contribution in [-0.2, 0) is 0 Å². The molecule has 10 heavy (non-hydrogen) atoms. The molecule has 2 nitrogen and oxygen atoms in total. The Kier molecular flexibility index (Phi) is 2.09. The molecule has 1 aromatic rings. The number of hydrogen-bond donors (Lipinski definition) is 1. The molecule has 0 bridgehead atoms. The molecule has 0 saturated carbocycles. The summed E-state index contributed by atoms with van der Waals surface area (Å²) in [5, 5.41) is 0.00273. The molecule has 1 rings (SSSR count). The van der Waals surface area contributed by atoms with E-state index in [-0.39, 0.29) is 10.8 Å². The van der Waals surface area contributed by atoms with Gasteiger partial charge in [-0.05, 0) is 12.1 Å². The van der Waals surface area contributed by atoms with Gasteiger partial charge in [0.25, 0.3) is 0 Å². The maximum Gasteiger partial charge on any atom is 0.186 e. The van der Waals surface area contributed by atoms with Gasteiger partial charge in [-0.3, -0.25) is 0 Å². The lowest BCUT2D eigenvalue weighted by Crippen LogP contribution is -2.03. The van der Waals surface area contributed by atoms with Crippen molar-refractivity contribution >= 4 is 11.6 Å². The van der Waals surface area contributed by atoms with E-state index in [1.54, 1.807) is 6.07 Å². The standard InChI is InChI=1S/C6H5ClFNO/c7-4-2-1-3-5(10-9)6(4)8/h1-3H,9H2. The van der Waals surface area contributed by atoms with Crippen LogP contribution >= 0.6 is 11.6 Å². The Morgan fingerprint density at radius 2 is 2.20 bits per heavy atom. The number of halogens is 2. The smallest absolute Gasteiger partial charge is 0.186 e. The normalized spacial score (nSPS) is 9.50. The van der Waals surface area contributed by atoms with Crippen LogP contribution in [0.3, 0.4) is 0 Å². The summed E-state index contributed by atoms with van der Waals surface area (Å²) in [5.74, 6) is 4.04. The Morgan fingerprint density at radius 1 is 1.50 bits per heavy atom. The van der Waals surface area contributed by atoms with Crippen molar-refractivity contribution in [3.05, 3.63) is 29.0 Å². The molecule has 0 atom stereocenters. The highest BCUT2D eigenvalue weighted by atomic mass is 35.5. The minimum Gasteiger partial charge on any atom is -0.408 e. The fraction of sp³-hybridized carbons (Fsp3) is 0. The zero-order valence-electron chi connectivity index (χ0n) is 4.97. The van der Waals surface area contributed by atoms with E-state index in [0.29, 0.717) is 0 Å². The van der Waals surface area contributed by atoms with E-state index in [1.165, 1.54) is 12.1 Å². The van der Waals surface area contributed by atoms with Gasteiger partial charge < -0.3 is 4.84 Å². The highest BCUT2D eigenvalue weighted by Gasteiger charge is 2.04. The lowest BCUT2D eigenvalue weighted by molar-refractivity contribution is 0.316.